The van der Waals surface area contributed by atoms with Crippen LogP contribution in [0.2, 0.25) is 0 Å². The summed E-state index contributed by atoms with van der Waals surface area (Å²) >= 11 is 0. The van der Waals surface area contributed by atoms with E-state index in [4.69, 9.17) is 10.5 Å². The predicted octanol–water partition coefficient (Wildman–Crippen LogP) is 1.96. The minimum atomic E-state index is -2.71. The second-order valence-electron chi connectivity index (χ2n) is 3.38. The van der Waals surface area contributed by atoms with Gasteiger partial charge in [-0.3, -0.25) is 4.98 Å². The summed E-state index contributed by atoms with van der Waals surface area (Å²) in [5.74, 6) is -0.666. The number of halogens is 2. The molecule has 4 nitrogen and oxygen atoms in total. The van der Waals surface area contributed by atoms with Crippen LogP contribution >= 0.6 is 0 Å². The SMILES string of the molecule is CCOC(=O)c1c(C)ncc(C(F)F)c1CN. The van der Waals surface area contributed by atoms with E-state index < -0.39 is 12.4 Å². The average molecular weight is 244 g/mol. The molecular formula is C11H14F2N2O2. The highest BCUT2D eigenvalue weighted by atomic mass is 19.3. The summed E-state index contributed by atoms with van der Waals surface area (Å²) in [4.78, 5) is 15.4. The fourth-order valence-electron chi connectivity index (χ4n) is 1.55. The lowest BCUT2D eigenvalue weighted by molar-refractivity contribution is 0.0523. The number of rotatable bonds is 4. The molecule has 0 radical (unpaired) electrons. The Morgan fingerprint density at radius 1 is 1.59 bits per heavy atom. The van der Waals surface area contributed by atoms with Crippen molar-refractivity contribution < 1.29 is 18.3 Å². The van der Waals surface area contributed by atoms with Crippen molar-refractivity contribution in [1.82, 2.24) is 4.98 Å². The van der Waals surface area contributed by atoms with Crippen LogP contribution in [0.3, 0.4) is 0 Å². The number of hydrogen-bond donors (Lipinski definition) is 1. The largest absolute Gasteiger partial charge is 0.462 e. The van der Waals surface area contributed by atoms with Gasteiger partial charge in [-0.15, -0.1) is 0 Å². The topological polar surface area (TPSA) is 65.2 Å². The van der Waals surface area contributed by atoms with E-state index in [-0.39, 0.29) is 29.8 Å². The molecule has 0 bridgehead atoms. The van der Waals surface area contributed by atoms with Crippen LogP contribution in [0.15, 0.2) is 6.20 Å². The maximum atomic E-state index is 12.7. The molecule has 0 atom stereocenters. The molecule has 0 saturated heterocycles. The molecule has 0 aliphatic rings. The number of ether oxygens (including phenoxy) is 1. The molecule has 0 aliphatic carbocycles. The van der Waals surface area contributed by atoms with Crippen molar-refractivity contribution in [3.05, 3.63) is 28.6 Å². The zero-order chi connectivity index (χ0) is 13.0. The fourth-order valence-corrected chi connectivity index (χ4v) is 1.55. The number of nitrogens with zero attached hydrogens (tertiary/aromatic N) is 1. The first-order valence-corrected chi connectivity index (χ1v) is 5.16. The molecule has 0 fully saturated rings. The van der Waals surface area contributed by atoms with Crippen molar-refractivity contribution in [2.45, 2.75) is 26.8 Å². The number of carbonyl (C=O) groups excluding carboxylic acids is 1. The standard InChI is InChI=1S/C11H14F2N2O2/c1-3-17-11(16)9-6(2)15-5-8(10(12)13)7(9)4-14/h5,10H,3-4,14H2,1-2H3. The molecule has 1 rings (SSSR count). The number of hydrogen-bond acceptors (Lipinski definition) is 4. The Hall–Kier alpha value is -1.56. The van der Waals surface area contributed by atoms with Crippen LogP contribution in [-0.4, -0.2) is 17.6 Å². The summed E-state index contributed by atoms with van der Waals surface area (Å²) in [5, 5.41) is 0. The van der Waals surface area contributed by atoms with E-state index in [1.165, 1.54) is 0 Å². The first-order valence-electron chi connectivity index (χ1n) is 5.16. The van der Waals surface area contributed by atoms with E-state index >= 15 is 0 Å². The second-order valence-corrected chi connectivity index (χ2v) is 3.38. The van der Waals surface area contributed by atoms with Gasteiger partial charge in [-0.05, 0) is 19.4 Å². The maximum absolute atomic E-state index is 12.7. The third-order valence-corrected chi connectivity index (χ3v) is 2.33. The Kier molecular flexibility index (Phi) is 4.51. The van der Waals surface area contributed by atoms with E-state index in [0.717, 1.165) is 6.20 Å². The third kappa shape index (κ3) is 2.76. The van der Waals surface area contributed by atoms with Gasteiger partial charge in [0.1, 0.15) is 0 Å². The van der Waals surface area contributed by atoms with Gasteiger partial charge in [-0.1, -0.05) is 0 Å². The van der Waals surface area contributed by atoms with Crippen LogP contribution in [0.4, 0.5) is 8.78 Å². The molecule has 94 valence electrons. The Morgan fingerprint density at radius 2 is 2.24 bits per heavy atom. The minimum absolute atomic E-state index is 0.0483. The van der Waals surface area contributed by atoms with Crippen LogP contribution in [0.1, 0.15) is 40.5 Å². The van der Waals surface area contributed by atoms with Gasteiger partial charge in [0, 0.05) is 18.3 Å². The molecule has 1 aromatic rings. The van der Waals surface area contributed by atoms with Gasteiger partial charge in [-0.2, -0.15) is 0 Å². The van der Waals surface area contributed by atoms with E-state index in [9.17, 15) is 13.6 Å². The molecule has 0 spiro atoms. The van der Waals surface area contributed by atoms with Crippen LogP contribution < -0.4 is 5.73 Å². The minimum Gasteiger partial charge on any atom is -0.462 e. The Balaban J connectivity index is 3.35. The lowest BCUT2D eigenvalue weighted by Gasteiger charge is -2.13. The Bertz CT molecular complexity index is 422. The van der Waals surface area contributed by atoms with E-state index in [1.54, 1.807) is 13.8 Å². The maximum Gasteiger partial charge on any atom is 0.340 e. The fraction of sp³-hybridized carbons (Fsp3) is 0.455. The van der Waals surface area contributed by atoms with Gasteiger partial charge in [0.25, 0.3) is 6.43 Å². The Labute approximate surface area is 97.8 Å². The van der Waals surface area contributed by atoms with Crippen molar-refractivity contribution in [1.29, 1.82) is 0 Å². The summed E-state index contributed by atoms with van der Waals surface area (Å²) in [6, 6.07) is 0. The summed E-state index contributed by atoms with van der Waals surface area (Å²) in [6.07, 6.45) is -1.67. The van der Waals surface area contributed by atoms with Crippen LogP contribution in [0.25, 0.3) is 0 Å². The second kappa shape index (κ2) is 5.67. The number of aromatic nitrogens is 1. The molecule has 0 saturated carbocycles. The van der Waals surface area contributed by atoms with Crippen molar-refractivity contribution >= 4 is 5.97 Å². The highest BCUT2D eigenvalue weighted by Crippen LogP contribution is 2.26. The van der Waals surface area contributed by atoms with Gasteiger partial charge in [0.15, 0.2) is 0 Å². The number of pyridine rings is 1. The molecule has 0 aromatic carbocycles. The van der Waals surface area contributed by atoms with Gasteiger partial charge in [-0.25, -0.2) is 13.6 Å². The molecule has 2 N–H and O–H groups in total. The first kappa shape index (κ1) is 13.5. The highest BCUT2D eigenvalue weighted by molar-refractivity contribution is 5.92. The van der Waals surface area contributed by atoms with Crippen molar-refractivity contribution in [3.8, 4) is 0 Å². The molecule has 6 heteroatoms. The number of nitrogens with two attached hydrogens (primary N) is 1. The monoisotopic (exact) mass is 244 g/mol. The van der Waals surface area contributed by atoms with E-state index in [2.05, 4.69) is 4.98 Å². The van der Waals surface area contributed by atoms with Gasteiger partial charge < -0.3 is 10.5 Å². The van der Waals surface area contributed by atoms with Crippen LogP contribution in [0.5, 0.6) is 0 Å². The summed E-state index contributed by atoms with van der Waals surface area (Å²) in [5.41, 5.74) is 5.60. The summed E-state index contributed by atoms with van der Waals surface area (Å²) in [6.45, 7) is 3.21. The quantitative estimate of drug-likeness (QED) is 0.822. The molecule has 1 heterocycles. The molecule has 0 aliphatic heterocycles. The lowest BCUT2D eigenvalue weighted by Crippen LogP contribution is -2.16. The molecule has 0 unspecified atom stereocenters. The van der Waals surface area contributed by atoms with Gasteiger partial charge in [0.05, 0.1) is 17.9 Å². The molecular weight excluding hydrogens is 230 g/mol. The van der Waals surface area contributed by atoms with Crippen LogP contribution in [-0.2, 0) is 11.3 Å². The van der Waals surface area contributed by atoms with Crippen molar-refractivity contribution in [3.63, 3.8) is 0 Å². The van der Waals surface area contributed by atoms with Crippen LogP contribution in [0, 0.1) is 6.92 Å². The van der Waals surface area contributed by atoms with E-state index in [1.807, 2.05) is 0 Å². The lowest BCUT2D eigenvalue weighted by atomic mass is 10.0. The van der Waals surface area contributed by atoms with E-state index in [0.29, 0.717) is 5.69 Å². The van der Waals surface area contributed by atoms with Crippen molar-refractivity contribution in [2.24, 2.45) is 5.73 Å². The zero-order valence-corrected chi connectivity index (χ0v) is 9.67. The normalized spacial score (nSPS) is 10.7. The first-order chi connectivity index (χ1) is 8.02. The Morgan fingerprint density at radius 3 is 2.71 bits per heavy atom. The van der Waals surface area contributed by atoms with Crippen molar-refractivity contribution in [2.75, 3.05) is 6.61 Å². The summed E-state index contributed by atoms with van der Waals surface area (Å²) in [7, 11) is 0. The van der Waals surface area contributed by atoms with Gasteiger partial charge >= 0.3 is 5.97 Å². The average Bonchev–Trinajstić information content (AvgIpc) is 2.28. The number of esters is 1. The zero-order valence-electron chi connectivity index (χ0n) is 9.67. The molecule has 1 aromatic heterocycles. The third-order valence-electron chi connectivity index (χ3n) is 2.33. The smallest absolute Gasteiger partial charge is 0.340 e. The number of aryl methyl sites for hydroxylation is 1. The highest BCUT2D eigenvalue weighted by Gasteiger charge is 2.22. The predicted molar refractivity (Wildman–Crippen MR) is 57.8 cm³/mol. The number of carbonyl (C=O) groups is 1. The van der Waals surface area contributed by atoms with Gasteiger partial charge in [0.2, 0.25) is 0 Å². The molecule has 17 heavy (non-hydrogen) atoms. The summed E-state index contributed by atoms with van der Waals surface area (Å²) < 4.78 is 30.3. The number of alkyl halides is 2. The molecule has 0 amide bonds.